The van der Waals surface area contributed by atoms with E-state index in [1.54, 1.807) is 34.6 Å². The molecule has 8 rings (SSSR count). The normalized spacial score (nSPS) is 35.8. The van der Waals surface area contributed by atoms with Crippen molar-refractivity contribution in [3.05, 3.63) is 82.0 Å². The molecule has 0 spiro atoms. The SMILES string of the molecule is CC[C@]12C#C[C@@H]3C=C4CCc5cc(O)c(O[C@@H]6C[C@H](Cc7ccc[nH]7)C7=CCNC(N)=C7CSSC[C@H](CO)[C@H]6O)cc5[C@@H]4C[C@@H](O)[C@H]3[C@@H](O)[C@H](CC1)C[C@H](NC[C@H](C)O)C2. The Kier molecular flexibility index (Phi) is 14.1. The lowest BCUT2D eigenvalue weighted by Gasteiger charge is -2.36. The van der Waals surface area contributed by atoms with Crippen LogP contribution in [-0.2, 0) is 12.8 Å². The molecular formula is C48H66N4O7S2. The van der Waals surface area contributed by atoms with Gasteiger partial charge >= 0.3 is 0 Å². The Morgan fingerprint density at radius 2 is 1.97 bits per heavy atom. The number of hydrogen-bond acceptors (Lipinski definition) is 12. The number of fused-ring (bicyclic) bond motifs is 8. The van der Waals surface area contributed by atoms with Crippen LogP contribution in [0.4, 0.5) is 0 Å². The molecule has 11 N–H and O–H groups in total. The van der Waals surface area contributed by atoms with Crippen molar-refractivity contribution in [3.8, 4) is 23.3 Å². The maximum absolute atomic E-state index is 12.3. The first-order valence-corrected chi connectivity index (χ1v) is 25.1. The number of phenolic OH excluding ortho intramolecular Hbond substituents is 1. The molecule has 1 aromatic carbocycles. The summed E-state index contributed by atoms with van der Waals surface area (Å²) in [7, 11) is 3.26. The van der Waals surface area contributed by atoms with Crippen molar-refractivity contribution in [3.63, 3.8) is 0 Å². The van der Waals surface area contributed by atoms with E-state index in [0.29, 0.717) is 56.1 Å². The summed E-state index contributed by atoms with van der Waals surface area (Å²) in [5.74, 6) is 7.97. The van der Waals surface area contributed by atoms with Gasteiger partial charge in [0.25, 0.3) is 0 Å². The van der Waals surface area contributed by atoms with Crippen molar-refractivity contribution in [1.82, 2.24) is 15.6 Å². The summed E-state index contributed by atoms with van der Waals surface area (Å²) >= 11 is 0. The van der Waals surface area contributed by atoms with Crippen molar-refractivity contribution in [2.45, 2.75) is 121 Å². The number of aryl methyl sites for hydroxylation is 1. The van der Waals surface area contributed by atoms with Crippen LogP contribution in [0, 0.1) is 46.8 Å². The average Bonchev–Trinajstić information content (AvgIpc) is 3.63. The zero-order valence-electron chi connectivity index (χ0n) is 35.6. The second kappa shape index (κ2) is 19.4. The lowest BCUT2D eigenvalue weighted by Crippen LogP contribution is -2.44. The van der Waals surface area contributed by atoms with E-state index in [1.165, 1.54) is 5.57 Å². The summed E-state index contributed by atoms with van der Waals surface area (Å²) < 4.78 is 6.84. The number of nitrogens with two attached hydrogens (primary N) is 1. The number of dihydropyridines is 1. The zero-order chi connectivity index (χ0) is 42.8. The number of H-pyrrole nitrogens is 1. The van der Waals surface area contributed by atoms with Gasteiger partial charge < -0.3 is 56.7 Å². The number of aliphatic hydroxyl groups excluding tert-OH is 5. The minimum absolute atomic E-state index is 0.00532. The van der Waals surface area contributed by atoms with E-state index in [2.05, 4.69) is 52.6 Å². The van der Waals surface area contributed by atoms with E-state index in [4.69, 9.17) is 10.5 Å². The van der Waals surface area contributed by atoms with Crippen molar-refractivity contribution in [2.24, 2.45) is 40.7 Å². The first-order valence-electron chi connectivity index (χ1n) is 22.6. The highest BCUT2D eigenvalue weighted by atomic mass is 33.1. The lowest BCUT2D eigenvalue weighted by atomic mass is 9.74. The standard InChI is InChI=1S/C48H66N4O7S2/c1-3-48-11-8-30-15-28-6-7-29-18-40(55)42(21-38(29)37(28)20-41(56)44(30)46(58)31(9-12-48)16-35(22-48)52-23-27(2)54)59-43-19-32(17-34-5-4-13-50-34)36-10-14-51-47(49)39(36)26-61-60-25-33(24-53)45(43)57/h4-5,10,13,15,18,21,27,30-33,35,37,41,43-46,50-58H,3,6-7,9,12,14,16-17,19-20,22-26,49H2,1-2H3/t27-,30+,31+,32-,33-,35-,37+,41+,43+,44-,45+,46-,48-/m0/s1. The zero-order valence-corrected chi connectivity index (χ0v) is 37.2. The van der Waals surface area contributed by atoms with E-state index in [0.717, 1.165) is 66.5 Å². The van der Waals surface area contributed by atoms with Crippen LogP contribution in [0.2, 0.25) is 0 Å². The fourth-order valence-electron chi connectivity index (χ4n) is 11.2. The molecular weight excluding hydrogens is 809 g/mol. The third-order valence-corrected chi connectivity index (χ3v) is 17.2. The van der Waals surface area contributed by atoms with Crippen molar-refractivity contribution < 1.29 is 35.4 Å². The molecule has 0 unspecified atom stereocenters. The number of nitrogens with one attached hydrogen (secondary N) is 3. The average molecular weight is 875 g/mol. The monoisotopic (exact) mass is 874 g/mol. The molecule has 332 valence electrons. The Balaban J connectivity index is 1.12. The molecule has 2 aromatic rings. The van der Waals surface area contributed by atoms with Crippen LogP contribution < -0.4 is 21.1 Å². The molecule has 61 heavy (non-hydrogen) atoms. The molecule has 0 radical (unpaired) electrons. The van der Waals surface area contributed by atoms with Crippen LogP contribution in [0.5, 0.6) is 11.5 Å². The molecule has 1 aromatic heterocycles. The molecule has 0 amide bonds. The highest BCUT2D eigenvalue weighted by Crippen LogP contribution is 2.50. The number of benzene rings is 1. The third-order valence-electron chi connectivity index (χ3n) is 14.8. The van der Waals surface area contributed by atoms with Crippen molar-refractivity contribution in [2.75, 3.05) is 31.2 Å². The molecule has 6 aliphatic rings. The quantitative estimate of drug-likeness (QED) is 0.0918. The van der Waals surface area contributed by atoms with Gasteiger partial charge in [0.1, 0.15) is 11.9 Å². The maximum Gasteiger partial charge on any atom is 0.161 e. The van der Waals surface area contributed by atoms with Gasteiger partial charge in [-0.3, -0.25) is 0 Å². The number of aromatic hydroxyl groups is 1. The van der Waals surface area contributed by atoms with E-state index in [1.807, 2.05) is 18.3 Å². The van der Waals surface area contributed by atoms with Gasteiger partial charge in [-0.15, -0.1) is 0 Å². The molecule has 1 saturated heterocycles. The van der Waals surface area contributed by atoms with Gasteiger partial charge in [-0.1, -0.05) is 58.1 Å². The molecule has 2 fully saturated rings. The number of rotatable bonds is 9. The van der Waals surface area contributed by atoms with Crippen LogP contribution >= 0.6 is 21.6 Å². The van der Waals surface area contributed by atoms with Gasteiger partial charge in [0.15, 0.2) is 11.5 Å². The molecule has 2 bridgehead atoms. The predicted octanol–water partition coefficient (Wildman–Crippen LogP) is 5.04. The predicted molar refractivity (Wildman–Crippen MR) is 243 cm³/mol. The fourth-order valence-corrected chi connectivity index (χ4v) is 13.8. The van der Waals surface area contributed by atoms with E-state index >= 15 is 0 Å². The van der Waals surface area contributed by atoms with Gasteiger partial charge in [-0.25, -0.2) is 0 Å². The van der Waals surface area contributed by atoms with E-state index < -0.39 is 42.4 Å². The largest absolute Gasteiger partial charge is 0.504 e. The second-order valence-electron chi connectivity index (χ2n) is 18.7. The Morgan fingerprint density at radius 3 is 2.74 bits per heavy atom. The van der Waals surface area contributed by atoms with E-state index in [-0.39, 0.29) is 53.2 Å². The number of aliphatic hydroxyl groups is 5. The number of allylic oxidation sites excluding steroid dienone is 3. The summed E-state index contributed by atoms with van der Waals surface area (Å²) in [6.07, 6.45) is 9.68. The number of hydrogen-bond donors (Lipinski definition) is 10. The maximum atomic E-state index is 12.3. The van der Waals surface area contributed by atoms with Crippen molar-refractivity contribution in [1.29, 1.82) is 0 Å². The molecule has 13 atom stereocenters. The van der Waals surface area contributed by atoms with Crippen LogP contribution in [-0.4, -0.2) is 103 Å². The summed E-state index contributed by atoms with van der Waals surface area (Å²) in [6, 6.07) is 7.85. The lowest BCUT2D eigenvalue weighted by molar-refractivity contribution is -0.0359. The number of phenols is 1. The van der Waals surface area contributed by atoms with Crippen molar-refractivity contribution >= 4 is 21.6 Å². The molecule has 11 nitrogen and oxygen atoms in total. The highest BCUT2D eigenvalue weighted by molar-refractivity contribution is 8.76. The molecule has 4 aliphatic carbocycles. The Labute approximate surface area is 368 Å². The Bertz CT molecular complexity index is 2010. The number of aromatic nitrogens is 1. The third kappa shape index (κ3) is 9.72. The van der Waals surface area contributed by atoms with Crippen LogP contribution in [0.25, 0.3) is 0 Å². The summed E-state index contributed by atoms with van der Waals surface area (Å²) in [5, 5.41) is 75.9. The number of aromatic amines is 1. The highest BCUT2D eigenvalue weighted by Gasteiger charge is 2.46. The smallest absolute Gasteiger partial charge is 0.161 e. The summed E-state index contributed by atoms with van der Waals surface area (Å²) in [6.45, 7) is 4.85. The molecule has 1 saturated carbocycles. The molecule has 2 aliphatic heterocycles. The van der Waals surface area contributed by atoms with Gasteiger partial charge in [0.05, 0.1) is 24.4 Å². The minimum Gasteiger partial charge on any atom is -0.504 e. The molecule has 13 heteroatoms. The summed E-state index contributed by atoms with van der Waals surface area (Å²) in [4.78, 5) is 3.36. The summed E-state index contributed by atoms with van der Waals surface area (Å²) in [5.41, 5.74) is 12.7. The Hall–Kier alpha value is -3.06. The van der Waals surface area contributed by atoms with Crippen LogP contribution in [0.15, 0.2) is 65.2 Å². The van der Waals surface area contributed by atoms with E-state index in [9.17, 15) is 30.6 Å². The fraction of sp³-hybridized carbons (Fsp3) is 0.625. The van der Waals surface area contributed by atoms with Gasteiger partial charge in [0, 0.05) is 83.8 Å². The van der Waals surface area contributed by atoms with Crippen LogP contribution in [0.1, 0.15) is 88.0 Å². The van der Waals surface area contributed by atoms with Gasteiger partial charge in [0.2, 0.25) is 0 Å². The second-order valence-corrected chi connectivity index (χ2v) is 21.2. The minimum atomic E-state index is -1.03. The van der Waals surface area contributed by atoms with Gasteiger partial charge in [-0.05, 0) is 124 Å². The first kappa shape index (κ1) is 44.5. The first-order chi connectivity index (χ1) is 29.5. The van der Waals surface area contributed by atoms with Crippen LogP contribution in [0.3, 0.4) is 0 Å². The number of ether oxygens (including phenoxy) is 1. The molecule has 3 heterocycles. The topological polar surface area (TPSA) is 196 Å². The Morgan fingerprint density at radius 1 is 1.11 bits per heavy atom. The van der Waals surface area contributed by atoms with Gasteiger partial charge in [-0.2, -0.15) is 0 Å².